The molecular weight excluding hydrogens is 276 g/mol. The van der Waals surface area contributed by atoms with Crippen LogP contribution in [-0.2, 0) is 9.47 Å². The third-order valence-corrected chi connectivity index (χ3v) is 3.32. The van der Waals surface area contributed by atoms with Gasteiger partial charge in [-0.25, -0.2) is 0 Å². The van der Waals surface area contributed by atoms with Gasteiger partial charge >= 0.3 is 0 Å². The molecule has 0 amide bonds. The van der Waals surface area contributed by atoms with E-state index in [0.29, 0.717) is 0 Å². The molecule has 2 rings (SSSR count). The highest BCUT2D eigenvalue weighted by atomic mass is 16.7. The van der Waals surface area contributed by atoms with Crippen LogP contribution < -0.4 is 0 Å². The first-order chi connectivity index (χ1) is 10.1. The summed E-state index contributed by atoms with van der Waals surface area (Å²) in [6.45, 7) is -0.303. The summed E-state index contributed by atoms with van der Waals surface area (Å²) in [5, 5.41) is 38.1. The Hall–Kier alpha value is -1.28. The minimum atomic E-state index is -1.42. The van der Waals surface area contributed by atoms with E-state index in [9.17, 15) is 15.3 Å². The number of ether oxygens (including phenoxy) is 2. The molecule has 0 aliphatic carbocycles. The molecule has 5 atom stereocenters. The SMILES string of the molecule is OC[C@H]1O[C@@H](OC/C=C/c2ccccc2)[C@H](O)[C@@H](O)[C@H]1O. The van der Waals surface area contributed by atoms with Gasteiger partial charge in [-0.15, -0.1) is 0 Å². The molecule has 1 heterocycles. The van der Waals surface area contributed by atoms with E-state index in [2.05, 4.69) is 0 Å². The second-order valence-corrected chi connectivity index (χ2v) is 4.84. The Kier molecular flexibility index (Phi) is 5.86. The molecule has 0 aromatic heterocycles. The number of rotatable bonds is 5. The molecule has 0 spiro atoms. The van der Waals surface area contributed by atoms with Crippen molar-refractivity contribution in [2.45, 2.75) is 30.7 Å². The second-order valence-electron chi connectivity index (χ2n) is 4.84. The molecule has 1 fully saturated rings. The fraction of sp³-hybridized carbons (Fsp3) is 0.467. The van der Waals surface area contributed by atoms with E-state index >= 15 is 0 Å². The molecule has 0 bridgehead atoms. The molecular formula is C15H20O6. The fourth-order valence-electron chi connectivity index (χ4n) is 2.10. The van der Waals surface area contributed by atoms with Gasteiger partial charge in [0.25, 0.3) is 0 Å². The molecule has 6 nitrogen and oxygen atoms in total. The van der Waals surface area contributed by atoms with Crippen molar-refractivity contribution in [1.82, 2.24) is 0 Å². The molecule has 0 radical (unpaired) electrons. The summed E-state index contributed by atoms with van der Waals surface area (Å²) in [6, 6.07) is 9.62. The standard InChI is InChI=1S/C15H20O6/c16-9-11-12(17)13(18)14(19)15(21-11)20-8-4-7-10-5-2-1-3-6-10/h1-7,11-19H,8-9H2/b7-4+/t11-,12+,13+,14-,15-/m1/s1. The zero-order valence-electron chi connectivity index (χ0n) is 11.4. The first-order valence-corrected chi connectivity index (χ1v) is 6.77. The van der Waals surface area contributed by atoms with Crippen LogP contribution in [0.5, 0.6) is 0 Å². The third kappa shape index (κ3) is 4.10. The summed E-state index contributed by atoms with van der Waals surface area (Å²) in [6.07, 6.45) is -2.61. The lowest BCUT2D eigenvalue weighted by Crippen LogP contribution is -2.59. The molecule has 0 saturated carbocycles. The van der Waals surface area contributed by atoms with Crippen molar-refractivity contribution in [1.29, 1.82) is 0 Å². The Morgan fingerprint density at radius 2 is 1.76 bits per heavy atom. The maximum absolute atomic E-state index is 9.77. The summed E-state index contributed by atoms with van der Waals surface area (Å²) >= 11 is 0. The maximum atomic E-state index is 9.77. The molecule has 1 aliphatic heterocycles. The van der Waals surface area contributed by atoms with Crippen LogP contribution in [0.25, 0.3) is 6.08 Å². The Bertz CT molecular complexity index is 447. The first-order valence-electron chi connectivity index (χ1n) is 6.77. The first kappa shape index (κ1) is 16.1. The molecule has 4 N–H and O–H groups in total. The van der Waals surface area contributed by atoms with Crippen molar-refractivity contribution in [3.05, 3.63) is 42.0 Å². The van der Waals surface area contributed by atoms with Crippen LogP contribution in [0.2, 0.25) is 0 Å². The lowest BCUT2D eigenvalue weighted by atomic mass is 9.99. The molecule has 1 saturated heterocycles. The van der Waals surface area contributed by atoms with E-state index in [0.717, 1.165) is 5.56 Å². The largest absolute Gasteiger partial charge is 0.394 e. The van der Waals surface area contributed by atoms with Crippen molar-refractivity contribution < 1.29 is 29.9 Å². The van der Waals surface area contributed by atoms with Gasteiger partial charge in [-0.3, -0.25) is 0 Å². The van der Waals surface area contributed by atoms with Crippen LogP contribution in [0.4, 0.5) is 0 Å². The van der Waals surface area contributed by atoms with Gasteiger partial charge in [0.1, 0.15) is 24.4 Å². The highest BCUT2D eigenvalue weighted by molar-refractivity contribution is 5.48. The van der Waals surface area contributed by atoms with Crippen LogP contribution in [0, 0.1) is 0 Å². The number of aliphatic hydroxyl groups excluding tert-OH is 4. The Labute approximate surface area is 122 Å². The van der Waals surface area contributed by atoms with E-state index in [4.69, 9.17) is 14.6 Å². The zero-order chi connectivity index (χ0) is 15.2. The topological polar surface area (TPSA) is 99.4 Å². The van der Waals surface area contributed by atoms with Crippen LogP contribution >= 0.6 is 0 Å². The van der Waals surface area contributed by atoms with Gasteiger partial charge in [-0.05, 0) is 5.56 Å². The molecule has 21 heavy (non-hydrogen) atoms. The number of hydrogen-bond donors (Lipinski definition) is 4. The second kappa shape index (κ2) is 7.65. The van der Waals surface area contributed by atoms with Gasteiger partial charge in [-0.1, -0.05) is 42.5 Å². The van der Waals surface area contributed by atoms with Crippen LogP contribution in [0.3, 0.4) is 0 Å². The number of benzene rings is 1. The van der Waals surface area contributed by atoms with Crippen LogP contribution in [0.1, 0.15) is 5.56 Å². The summed E-state index contributed by atoms with van der Waals surface area (Å²) in [5.74, 6) is 0. The highest BCUT2D eigenvalue weighted by Gasteiger charge is 2.43. The smallest absolute Gasteiger partial charge is 0.187 e. The van der Waals surface area contributed by atoms with Gasteiger partial charge in [0.05, 0.1) is 13.2 Å². The molecule has 6 heteroatoms. The van der Waals surface area contributed by atoms with E-state index in [1.165, 1.54) is 0 Å². The van der Waals surface area contributed by atoms with Gasteiger partial charge in [0.15, 0.2) is 6.29 Å². The maximum Gasteiger partial charge on any atom is 0.187 e. The minimum Gasteiger partial charge on any atom is -0.394 e. The lowest BCUT2D eigenvalue weighted by Gasteiger charge is -2.39. The van der Waals surface area contributed by atoms with Crippen molar-refractivity contribution in [2.75, 3.05) is 13.2 Å². The molecule has 0 unspecified atom stereocenters. The predicted octanol–water partition coefficient (Wildman–Crippen LogP) is -0.484. The monoisotopic (exact) mass is 296 g/mol. The minimum absolute atomic E-state index is 0.164. The van der Waals surface area contributed by atoms with Gasteiger partial charge in [0, 0.05) is 0 Å². The van der Waals surface area contributed by atoms with E-state index in [1.807, 2.05) is 36.4 Å². The molecule has 1 aliphatic rings. The molecule has 1 aromatic carbocycles. The zero-order valence-corrected chi connectivity index (χ0v) is 11.4. The summed E-state index contributed by atoms with van der Waals surface area (Å²) < 4.78 is 10.5. The van der Waals surface area contributed by atoms with Gasteiger partial charge < -0.3 is 29.9 Å². The summed E-state index contributed by atoms with van der Waals surface area (Å²) in [7, 11) is 0. The Balaban J connectivity index is 1.86. The van der Waals surface area contributed by atoms with Crippen molar-refractivity contribution in [3.63, 3.8) is 0 Å². The van der Waals surface area contributed by atoms with E-state index < -0.39 is 37.3 Å². The van der Waals surface area contributed by atoms with Crippen molar-refractivity contribution in [3.8, 4) is 0 Å². The van der Waals surface area contributed by atoms with Gasteiger partial charge in [0.2, 0.25) is 0 Å². The van der Waals surface area contributed by atoms with Crippen LogP contribution in [-0.4, -0.2) is 64.3 Å². The van der Waals surface area contributed by atoms with E-state index in [1.54, 1.807) is 6.08 Å². The summed E-state index contributed by atoms with van der Waals surface area (Å²) in [4.78, 5) is 0. The summed E-state index contributed by atoms with van der Waals surface area (Å²) in [5.41, 5.74) is 1.01. The number of aliphatic hydroxyl groups is 4. The van der Waals surface area contributed by atoms with Crippen molar-refractivity contribution in [2.24, 2.45) is 0 Å². The average molecular weight is 296 g/mol. The third-order valence-electron chi connectivity index (χ3n) is 3.32. The average Bonchev–Trinajstić information content (AvgIpc) is 2.52. The Morgan fingerprint density at radius 3 is 2.43 bits per heavy atom. The fourth-order valence-corrected chi connectivity index (χ4v) is 2.10. The van der Waals surface area contributed by atoms with E-state index in [-0.39, 0.29) is 6.61 Å². The van der Waals surface area contributed by atoms with Gasteiger partial charge in [-0.2, -0.15) is 0 Å². The highest BCUT2D eigenvalue weighted by Crippen LogP contribution is 2.21. The Morgan fingerprint density at radius 1 is 1.05 bits per heavy atom. The molecule has 1 aromatic rings. The normalized spacial score (nSPS) is 33.4. The van der Waals surface area contributed by atoms with Crippen LogP contribution in [0.15, 0.2) is 36.4 Å². The lowest BCUT2D eigenvalue weighted by molar-refractivity contribution is -0.298. The van der Waals surface area contributed by atoms with Crippen molar-refractivity contribution >= 4 is 6.08 Å². The number of hydrogen-bond acceptors (Lipinski definition) is 6. The predicted molar refractivity (Wildman–Crippen MR) is 75.2 cm³/mol. The molecule has 116 valence electrons. The quantitative estimate of drug-likeness (QED) is 0.585.